The van der Waals surface area contributed by atoms with Crippen molar-refractivity contribution in [2.75, 3.05) is 13.7 Å². The van der Waals surface area contributed by atoms with Gasteiger partial charge in [0.05, 0.1) is 29.3 Å². The van der Waals surface area contributed by atoms with Crippen molar-refractivity contribution in [2.24, 2.45) is 0 Å². The first-order valence-corrected chi connectivity index (χ1v) is 10.6. The van der Waals surface area contributed by atoms with Crippen LogP contribution in [-0.2, 0) is 9.59 Å². The second-order valence-corrected chi connectivity index (χ2v) is 8.03. The summed E-state index contributed by atoms with van der Waals surface area (Å²) in [5.41, 5.74) is 1.62. The smallest absolute Gasteiger partial charge is 0.295 e. The van der Waals surface area contributed by atoms with Gasteiger partial charge in [0.25, 0.3) is 11.7 Å². The lowest BCUT2D eigenvalue weighted by Crippen LogP contribution is -2.30. The second-order valence-electron chi connectivity index (χ2n) is 7.62. The standard InChI is InChI=1S/C24H26ClNO5/c1-4-5-6-11-26-20(15-7-9-16(27)10-8-15)19(22(29)24(26)30)21(28)17-12-14(2)13-18(25)23(17)31-3/h7-10,12-13,20,27-28H,4-6,11H2,1-3H3/b21-19+. The number of likely N-dealkylation sites (tertiary alicyclic amines) is 1. The summed E-state index contributed by atoms with van der Waals surface area (Å²) < 4.78 is 5.37. The number of nitrogens with zero attached hydrogens (tertiary/aromatic N) is 1. The molecule has 0 aromatic heterocycles. The minimum atomic E-state index is -0.776. The largest absolute Gasteiger partial charge is 0.508 e. The summed E-state index contributed by atoms with van der Waals surface area (Å²) in [5.74, 6) is -1.46. The number of aliphatic hydroxyl groups excluding tert-OH is 1. The van der Waals surface area contributed by atoms with Crippen LogP contribution in [0.5, 0.6) is 11.5 Å². The monoisotopic (exact) mass is 443 g/mol. The molecule has 1 unspecified atom stereocenters. The Bertz CT molecular complexity index is 1030. The van der Waals surface area contributed by atoms with Crippen molar-refractivity contribution in [1.82, 2.24) is 4.90 Å². The summed E-state index contributed by atoms with van der Waals surface area (Å²) in [5, 5.41) is 21.2. The number of phenolic OH excluding ortho intramolecular Hbond substituents is 1. The van der Waals surface area contributed by atoms with Gasteiger partial charge in [-0.1, -0.05) is 43.5 Å². The van der Waals surface area contributed by atoms with Crippen molar-refractivity contribution >= 4 is 29.1 Å². The van der Waals surface area contributed by atoms with E-state index in [1.807, 2.05) is 6.92 Å². The Morgan fingerprint density at radius 1 is 1.16 bits per heavy atom. The van der Waals surface area contributed by atoms with Crippen LogP contribution in [0.3, 0.4) is 0 Å². The average molecular weight is 444 g/mol. The number of ether oxygens (including phenoxy) is 1. The van der Waals surface area contributed by atoms with Gasteiger partial charge >= 0.3 is 0 Å². The fourth-order valence-corrected chi connectivity index (χ4v) is 4.25. The Morgan fingerprint density at radius 2 is 1.84 bits per heavy atom. The quantitative estimate of drug-likeness (QED) is 0.273. The Labute approximate surface area is 186 Å². The van der Waals surface area contributed by atoms with Gasteiger partial charge in [-0.3, -0.25) is 9.59 Å². The van der Waals surface area contributed by atoms with E-state index in [0.29, 0.717) is 17.1 Å². The third-order valence-electron chi connectivity index (χ3n) is 5.40. The molecule has 7 heteroatoms. The molecule has 2 aromatic carbocycles. The number of halogens is 1. The molecule has 164 valence electrons. The van der Waals surface area contributed by atoms with Crippen molar-refractivity contribution in [3.05, 3.63) is 63.7 Å². The number of hydrogen-bond donors (Lipinski definition) is 2. The Morgan fingerprint density at radius 3 is 2.45 bits per heavy atom. The minimum Gasteiger partial charge on any atom is -0.508 e. The van der Waals surface area contributed by atoms with Gasteiger partial charge < -0.3 is 19.8 Å². The lowest BCUT2D eigenvalue weighted by atomic mass is 9.94. The third-order valence-corrected chi connectivity index (χ3v) is 5.68. The summed E-state index contributed by atoms with van der Waals surface area (Å²) in [7, 11) is 1.42. The lowest BCUT2D eigenvalue weighted by Gasteiger charge is -2.25. The van der Waals surface area contributed by atoms with Crippen molar-refractivity contribution < 1.29 is 24.5 Å². The first kappa shape index (κ1) is 22.7. The van der Waals surface area contributed by atoms with Crippen LogP contribution in [0.4, 0.5) is 0 Å². The molecule has 1 heterocycles. The number of ketones is 1. The number of amides is 1. The van der Waals surface area contributed by atoms with Gasteiger partial charge in [-0.15, -0.1) is 0 Å². The maximum atomic E-state index is 13.1. The van der Waals surface area contributed by atoms with Crippen molar-refractivity contribution in [3.8, 4) is 11.5 Å². The number of aromatic hydroxyl groups is 1. The summed E-state index contributed by atoms with van der Waals surface area (Å²) in [6, 6.07) is 8.86. The Hall–Kier alpha value is -2.99. The topological polar surface area (TPSA) is 87.1 Å². The van der Waals surface area contributed by atoms with E-state index >= 15 is 0 Å². The van der Waals surface area contributed by atoms with Crippen LogP contribution in [-0.4, -0.2) is 40.5 Å². The highest BCUT2D eigenvalue weighted by Crippen LogP contribution is 2.43. The van der Waals surface area contributed by atoms with E-state index in [1.165, 1.54) is 24.1 Å². The van der Waals surface area contributed by atoms with E-state index in [-0.39, 0.29) is 28.4 Å². The number of aryl methyl sites for hydroxylation is 1. The molecular weight excluding hydrogens is 418 g/mol. The van der Waals surface area contributed by atoms with Crippen LogP contribution in [0.15, 0.2) is 42.0 Å². The van der Waals surface area contributed by atoms with Gasteiger partial charge in [0.1, 0.15) is 17.3 Å². The highest BCUT2D eigenvalue weighted by atomic mass is 35.5. The first-order chi connectivity index (χ1) is 14.8. The first-order valence-electron chi connectivity index (χ1n) is 10.2. The van der Waals surface area contributed by atoms with Crippen LogP contribution in [0, 0.1) is 6.92 Å². The summed E-state index contributed by atoms with van der Waals surface area (Å²) in [4.78, 5) is 27.4. The number of carbonyl (C=O) groups is 2. The summed E-state index contributed by atoms with van der Waals surface area (Å²) >= 11 is 6.29. The molecule has 0 aliphatic carbocycles. The Balaban J connectivity index is 2.21. The SMILES string of the molecule is CCCCCN1C(=O)C(=O)/C(=C(/O)c2cc(C)cc(Cl)c2OC)C1c1ccc(O)cc1. The van der Waals surface area contributed by atoms with Crippen molar-refractivity contribution in [1.29, 1.82) is 0 Å². The molecule has 0 spiro atoms. The molecule has 0 radical (unpaired) electrons. The van der Waals surface area contributed by atoms with Gasteiger partial charge in [-0.25, -0.2) is 0 Å². The van der Waals surface area contributed by atoms with Crippen LogP contribution >= 0.6 is 11.6 Å². The van der Waals surface area contributed by atoms with E-state index in [1.54, 1.807) is 24.3 Å². The molecule has 1 fully saturated rings. The number of phenols is 1. The molecule has 2 aromatic rings. The molecule has 1 aliphatic heterocycles. The zero-order valence-corrected chi connectivity index (χ0v) is 18.6. The molecule has 6 nitrogen and oxygen atoms in total. The number of Topliss-reactive ketones (excluding diaryl/α,β-unsaturated/α-hetero) is 1. The number of rotatable bonds is 7. The average Bonchev–Trinajstić information content (AvgIpc) is 2.98. The van der Waals surface area contributed by atoms with Crippen LogP contribution in [0.1, 0.15) is 48.9 Å². The third kappa shape index (κ3) is 4.39. The molecule has 3 rings (SSSR count). The highest BCUT2D eigenvalue weighted by Gasteiger charge is 2.46. The van der Waals surface area contributed by atoms with Crippen molar-refractivity contribution in [3.63, 3.8) is 0 Å². The molecule has 1 atom stereocenters. The maximum absolute atomic E-state index is 13.1. The molecule has 0 bridgehead atoms. The van der Waals surface area contributed by atoms with Gasteiger partial charge in [0.2, 0.25) is 0 Å². The van der Waals surface area contributed by atoms with Crippen LogP contribution in [0.2, 0.25) is 5.02 Å². The molecule has 2 N–H and O–H groups in total. The van der Waals surface area contributed by atoms with Gasteiger partial charge in [-0.2, -0.15) is 0 Å². The normalized spacial score (nSPS) is 17.9. The maximum Gasteiger partial charge on any atom is 0.295 e. The van der Waals surface area contributed by atoms with Gasteiger partial charge in [0, 0.05) is 6.54 Å². The van der Waals surface area contributed by atoms with E-state index in [0.717, 1.165) is 24.8 Å². The molecular formula is C24H26ClNO5. The van der Waals surface area contributed by atoms with E-state index < -0.39 is 17.7 Å². The fourth-order valence-electron chi connectivity index (χ4n) is 3.90. The van der Waals surface area contributed by atoms with Crippen LogP contribution in [0.25, 0.3) is 5.76 Å². The molecule has 1 aliphatic rings. The molecule has 31 heavy (non-hydrogen) atoms. The predicted molar refractivity (Wildman–Crippen MR) is 119 cm³/mol. The van der Waals surface area contributed by atoms with Gasteiger partial charge in [-0.05, 0) is 48.7 Å². The number of unbranched alkanes of at least 4 members (excludes halogenated alkanes) is 2. The minimum absolute atomic E-state index is 0.0212. The predicted octanol–water partition coefficient (Wildman–Crippen LogP) is 4.97. The zero-order valence-electron chi connectivity index (χ0n) is 17.8. The summed E-state index contributed by atoms with van der Waals surface area (Å²) in [6.07, 6.45) is 2.61. The number of benzene rings is 2. The number of carbonyl (C=O) groups excluding carboxylic acids is 2. The highest BCUT2D eigenvalue weighted by molar-refractivity contribution is 6.46. The second kappa shape index (κ2) is 9.43. The molecule has 1 saturated heterocycles. The zero-order chi connectivity index (χ0) is 22.7. The van der Waals surface area contributed by atoms with E-state index in [9.17, 15) is 19.8 Å². The van der Waals surface area contributed by atoms with Crippen molar-refractivity contribution in [2.45, 2.75) is 39.2 Å². The van der Waals surface area contributed by atoms with E-state index in [4.69, 9.17) is 16.3 Å². The lowest BCUT2D eigenvalue weighted by molar-refractivity contribution is -0.139. The number of hydrogen-bond acceptors (Lipinski definition) is 5. The number of methoxy groups -OCH3 is 1. The Kier molecular flexibility index (Phi) is 6.91. The van der Waals surface area contributed by atoms with E-state index in [2.05, 4.69) is 6.92 Å². The van der Waals surface area contributed by atoms with Gasteiger partial charge in [0.15, 0.2) is 0 Å². The number of aliphatic hydroxyl groups is 1. The summed E-state index contributed by atoms with van der Waals surface area (Å²) in [6.45, 7) is 4.24. The van der Waals surface area contributed by atoms with Crippen LogP contribution < -0.4 is 4.74 Å². The fraction of sp³-hybridized carbons (Fsp3) is 0.333. The molecule has 1 amide bonds. The molecule has 0 saturated carbocycles.